The number of carbonyl (C=O) groups excluding carboxylic acids is 1. The summed E-state index contributed by atoms with van der Waals surface area (Å²) in [5, 5.41) is 3.66. The quantitative estimate of drug-likeness (QED) is 0.700. The molecule has 5 nitrogen and oxygen atoms in total. The number of quaternary nitrogens is 2. The van der Waals surface area contributed by atoms with Crippen LogP contribution in [0.1, 0.15) is 37.0 Å². The number of hydrogen-bond acceptors (Lipinski definition) is 3. The number of anilines is 1. The lowest BCUT2D eigenvalue weighted by Gasteiger charge is -2.35. The molecule has 0 aromatic carbocycles. The highest BCUT2D eigenvalue weighted by atomic mass is 32.1. The lowest BCUT2D eigenvalue weighted by molar-refractivity contribution is -0.958. The summed E-state index contributed by atoms with van der Waals surface area (Å²) in [7, 11) is 0. The Morgan fingerprint density at radius 1 is 1.27 bits per heavy atom. The summed E-state index contributed by atoms with van der Waals surface area (Å²) in [6.45, 7) is 7.59. The molecule has 6 heteroatoms. The number of nitrogens with one attached hydrogen (secondary N) is 3. The number of piperidine rings is 2. The predicted molar refractivity (Wildman–Crippen MR) is 88.6 cm³/mol. The van der Waals surface area contributed by atoms with E-state index in [9.17, 15) is 4.79 Å². The molecule has 1 amide bonds. The summed E-state index contributed by atoms with van der Waals surface area (Å²) < 4.78 is 0. The highest BCUT2D eigenvalue weighted by Crippen LogP contribution is 2.15. The van der Waals surface area contributed by atoms with Gasteiger partial charge in [-0.25, -0.2) is 4.98 Å². The minimum absolute atomic E-state index is 0.105. The Morgan fingerprint density at radius 2 is 2.00 bits per heavy atom. The summed E-state index contributed by atoms with van der Waals surface area (Å²) in [5.41, 5.74) is 0. The van der Waals surface area contributed by atoms with Crippen LogP contribution in [0, 0.1) is 6.92 Å². The van der Waals surface area contributed by atoms with Crippen molar-refractivity contribution >= 4 is 22.4 Å². The van der Waals surface area contributed by atoms with Crippen LogP contribution in [0.25, 0.3) is 0 Å². The van der Waals surface area contributed by atoms with E-state index in [0.29, 0.717) is 6.54 Å². The molecule has 0 atom stereocenters. The molecule has 2 aliphatic rings. The fraction of sp³-hybridized carbons (Fsp3) is 0.750. The largest absolute Gasteiger partial charge is 0.332 e. The van der Waals surface area contributed by atoms with Crippen molar-refractivity contribution in [2.75, 3.05) is 38.0 Å². The maximum absolute atomic E-state index is 12.1. The topological polar surface area (TPSA) is 50.9 Å². The Bertz CT molecular complexity index is 490. The molecule has 0 spiro atoms. The van der Waals surface area contributed by atoms with Gasteiger partial charge in [0.1, 0.15) is 0 Å². The van der Waals surface area contributed by atoms with Crippen LogP contribution in [0.2, 0.25) is 0 Å². The highest BCUT2D eigenvalue weighted by molar-refractivity contribution is 7.15. The molecule has 2 fully saturated rings. The van der Waals surface area contributed by atoms with Crippen molar-refractivity contribution in [1.29, 1.82) is 0 Å². The number of carbonyl (C=O) groups is 1. The first-order chi connectivity index (χ1) is 10.7. The molecular weight excluding hydrogens is 296 g/mol. The second-order valence-electron chi connectivity index (χ2n) is 6.74. The van der Waals surface area contributed by atoms with E-state index in [-0.39, 0.29) is 5.91 Å². The zero-order valence-electron chi connectivity index (χ0n) is 13.5. The monoisotopic (exact) mass is 324 g/mol. The van der Waals surface area contributed by atoms with Gasteiger partial charge in [-0.15, -0.1) is 11.3 Å². The molecular formula is C16H28N4OS+2. The third-order valence-corrected chi connectivity index (χ3v) is 5.87. The van der Waals surface area contributed by atoms with Crippen LogP contribution in [-0.2, 0) is 4.79 Å². The molecule has 0 bridgehead atoms. The molecule has 3 heterocycles. The standard InChI is InChI=1S/C16H26N4OS/c1-13-11-17-16(22-13)18-15(21)12-19-9-5-14(6-10-19)20-7-3-2-4-8-20/h11,14H,2-10,12H2,1H3,(H,17,18,21)/p+2. The van der Waals surface area contributed by atoms with Gasteiger partial charge in [-0.3, -0.25) is 10.1 Å². The van der Waals surface area contributed by atoms with E-state index in [4.69, 9.17) is 0 Å². The molecule has 2 saturated heterocycles. The molecule has 0 aliphatic carbocycles. The third-order valence-electron chi connectivity index (χ3n) is 5.04. The maximum atomic E-state index is 12.1. The second kappa shape index (κ2) is 7.53. The summed E-state index contributed by atoms with van der Waals surface area (Å²) in [5.74, 6) is 0.105. The number of hydrogen-bond donors (Lipinski definition) is 3. The molecule has 2 aliphatic heterocycles. The predicted octanol–water partition coefficient (Wildman–Crippen LogP) is -0.494. The number of aromatic nitrogens is 1. The Balaban J connectivity index is 1.40. The smallest absolute Gasteiger partial charge is 0.281 e. The average molecular weight is 324 g/mol. The zero-order chi connectivity index (χ0) is 15.4. The van der Waals surface area contributed by atoms with E-state index in [2.05, 4.69) is 10.3 Å². The number of rotatable bonds is 4. The zero-order valence-corrected chi connectivity index (χ0v) is 14.3. The molecule has 3 rings (SSSR count). The second-order valence-corrected chi connectivity index (χ2v) is 7.98. The Labute approximate surface area is 136 Å². The van der Waals surface area contributed by atoms with Crippen molar-refractivity contribution in [2.45, 2.75) is 45.1 Å². The van der Waals surface area contributed by atoms with E-state index in [1.807, 2.05) is 11.8 Å². The molecule has 22 heavy (non-hydrogen) atoms. The first-order valence-electron chi connectivity index (χ1n) is 8.61. The Kier molecular flexibility index (Phi) is 5.44. The van der Waals surface area contributed by atoms with Gasteiger partial charge in [0, 0.05) is 23.9 Å². The molecule has 0 unspecified atom stereocenters. The van der Waals surface area contributed by atoms with Gasteiger partial charge in [0.05, 0.1) is 32.2 Å². The maximum Gasteiger partial charge on any atom is 0.281 e. The van der Waals surface area contributed by atoms with E-state index >= 15 is 0 Å². The fourth-order valence-electron chi connectivity index (χ4n) is 3.83. The Hall–Kier alpha value is -0.980. The minimum Gasteiger partial charge on any atom is -0.332 e. The number of nitrogens with zero attached hydrogens (tertiary/aromatic N) is 1. The van der Waals surface area contributed by atoms with Crippen LogP contribution in [0.15, 0.2) is 6.20 Å². The van der Waals surface area contributed by atoms with Gasteiger partial charge in [-0.1, -0.05) is 0 Å². The molecule has 122 valence electrons. The summed E-state index contributed by atoms with van der Waals surface area (Å²) >= 11 is 1.54. The van der Waals surface area contributed by atoms with E-state index in [1.54, 1.807) is 17.5 Å². The van der Waals surface area contributed by atoms with E-state index < -0.39 is 0 Å². The summed E-state index contributed by atoms with van der Waals surface area (Å²) in [6, 6.07) is 0.841. The van der Waals surface area contributed by atoms with Crippen molar-refractivity contribution in [2.24, 2.45) is 0 Å². The van der Waals surface area contributed by atoms with Crippen LogP contribution >= 0.6 is 11.3 Å². The van der Waals surface area contributed by atoms with Crippen LogP contribution in [0.3, 0.4) is 0 Å². The minimum atomic E-state index is 0.105. The lowest BCUT2D eigenvalue weighted by Crippen LogP contribution is -3.21. The molecule has 1 aromatic rings. The van der Waals surface area contributed by atoms with Crippen LogP contribution in [0.5, 0.6) is 0 Å². The van der Waals surface area contributed by atoms with Gasteiger partial charge >= 0.3 is 0 Å². The molecule has 1 aromatic heterocycles. The first kappa shape index (κ1) is 15.9. The molecule has 0 saturated carbocycles. The van der Waals surface area contributed by atoms with Crippen molar-refractivity contribution in [3.63, 3.8) is 0 Å². The number of amides is 1. The van der Waals surface area contributed by atoms with E-state index in [0.717, 1.165) is 29.1 Å². The van der Waals surface area contributed by atoms with Crippen molar-refractivity contribution in [3.05, 3.63) is 11.1 Å². The van der Waals surface area contributed by atoms with Gasteiger partial charge in [0.15, 0.2) is 11.7 Å². The van der Waals surface area contributed by atoms with Gasteiger partial charge in [-0.2, -0.15) is 0 Å². The third kappa shape index (κ3) is 4.27. The lowest BCUT2D eigenvalue weighted by atomic mass is 10.00. The average Bonchev–Trinajstić information content (AvgIpc) is 2.94. The summed E-state index contributed by atoms with van der Waals surface area (Å²) in [4.78, 5) is 20.7. The fourth-order valence-corrected chi connectivity index (χ4v) is 4.51. The summed E-state index contributed by atoms with van der Waals surface area (Å²) in [6.07, 6.45) is 8.57. The van der Waals surface area contributed by atoms with E-state index in [1.165, 1.54) is 50.1 Å². The van der Waals surface area contributed by atoms with Crippen molar-refractivity contribution < 1.29 is 14.6 Å². The van der Waals surface area contributed by atoms with Crippen LogP contribution in [0.4, 0.5) is 5.13 Å². The van der Waals surface area contributed by atoms with Crippen LogP contribution in [-0.4, -0.2) is 49.7 Å². The Morgan fingerprint density at radius 3 is 2.64 bits per heavy atom. The number of aryl methyl sites for hydroxylation is 1. The molecule has 3 N–H and O–H groups in total. The van der Waals surface area contributed by atoms with Crippen molar-refractivity contribution in [1.82, 2.24) is 4.98 Å². The first-order valence-corrected chi connectivity index (χ1v) is 9.43. The van der Waals surface area contributed by atoms with Gasteiger partial charge in [-0.05, 0) is 26.2 Å². The van der Waals surface area contributed by atoms with Gasteiger partial charge in [0.2, 0.25) is 0 Å². The normalized spacial score (nSPS) is 26.8. The van der Waals surface area contributed by atoms with Gasteiger partial charge in [0.25, 0.3) is 5.91 Å². The van der Waals surface area contributed by atoms with Crippen LogP contribution < -0.4 is 15.1 Å². The van der Waals surface area contributed by atoms with Crippen molar-refractivity contribution in [3.8, 4) is 0 Å². The highest BCUT2D eigenvalue weighted by Gasteiger charge is 2.31. The number of likely N-dealkylation sites (tertiary alicyclic amines) is 2. The molecule has 0 radical (unpaired) electrons. The number of thiazole rings is 1. The SMILES string of the molecule is Cc1cnc(NC(=O)C[NH+]2CCC([NH+]3CCCCC3)CC2)s1. The van der Waals surface area contributed by atoms with Gasteiger partial charge < -0.3 is 9.80 Å².